The Morgan fingerprint density at radius 1 is 1.08 bits per heavy atom. The molecule has 0 saturated heterocycles. The number of hydrogen-bond donors (Lipinski definition) is 2. The quantitative estimate of drug-likeness (QED) is 0.507. The predicted octanol–water partition coefficient (Wildman–Crippen LogP) is 2.68. The van der Waals surface area contributed by atoms with Gasteiger partial charge in [-0.15, -0.1) is 0 Å². The van der Waals surface area contributed by atoms with Gasteiger partial charge in [0.15, 0.2) is 0 Å². The van der Waals surface area contributed by atoms with Crippen molar-refractivity contribution in [3.8, 4) is 0 Å². The Morgan fingerprint density at radius 2 is 1.77 bits per heavy atom. The lowest BCUT2D eigenvalue weighted by Crippen LogP contribution is -2.31. The van der Waals surface area contributed by atoms with Crippen molar-refractivity contribution in [3.63, 3.8) is 0 Å². The maximum Gasteiger partial charge on any atom is 0.325 e. The number of halogens is 1. The number of rotatable bonds is 6. The molecule has 0 bridgehead atoms. The first-order valence-corrected chi connectivity index (χ1v) is 8.97. The second-order valence-corrected chi connectivity index (χ2v) is 6.81. The molecule has 0 heterocycles. The minimum atomic E-state index is -0.498. The summed E-state index contributed by atoms with van der Waals surface area (Å²) in [5, 5.41) is 5.31. The first-order valence-electron chi connectivity index (χ1n) is 7.89. The number of esters is 1. The number of carbonyl (C=O) groups excluding carboxylic acids is 3. The van der Waals surface area contributed by atoms with Crippen molar-refractivity contribution in [3.05, 3.63) is 62.7 Å². The summed E-state index contributed by atoms with van der Waals surface area (Å²) in [6.07, 6.45) is 0.140. The van der Waals surface area contributed by atoms with Crippen LogP contribution in [-0.2, 0) is 20.7 Å². The van der Waals surface area contributed by atoms with Crippen LogP contribution in [0.25, 0.3) is 0 Å². The number of methoxy groups -OCH3 is 1. The molecule has 0 fully saturated rings. The molecule has 2 aromatic carbocycles. The van der Waals surface area contributed by atoms with Crippen LogP contribution in [0.1, 0.15) is 21.5 Å². The van der Waals surface area contributed by atoms with Crippen LogP contribution in [0.15, 0.2) is 42.5 Å². The van der Waals surface area contributed by atoms with Crippen molar-refractivity contribution in [2.45, 2.75) is 13.3 Å². The van der Waals surface area contributed by atoms with Crippen molar-refractivity contribution in [1.82, 2.24) is 5.32 Å². The van der Waals surface area contributed by atoms with E-state index in [1.807, 2.05) is 19.1 Å². The van der Waals surface area contributed by atoms with E-state index in [1.165, 1.54) is 7.11 Å². The van der Waals surface area contributed by atoms with Gasteiger partial charge in [-0.25, -0.2) is 0 Å². The van der Waals surface area contributed by atoms with Crippen molar-refractivity contribution >= 4 is 46.1 Å². The average molecular weight is 466 g/mol. The van der Waals surface area contributed by atoms with Crippen LogP contribution in [0, 0.1) is 10.5 Å². The fraction of sp³-hybridized carbons (Fsp3) is 0.211. The summed E-state index contributed by atoms with van der Waals surface area (Å²) in [5.41, 5.74) is 3.06. The minimum Gasteiger partial charge on any atom is -0.468 e. The second-order valence-electron chi connectivity index (χ2n) is 5.64. The number of nitrogens with one attached hydrogen (secondary N) is 2. The number of benzene rings is 2. The summed E-state index contributed by atoms with van der Waals surface area (Å²) >= 11 is 2.22. The summed E-state index contributed by atoms with van der Waals surface area (Å²) in [7, 11) is 1.26. The standard InChI is InChI=1S/C19H19IN2O4/c1-12-9-14(5-8-16(12)20)19(25)22-15-6-3-13(4-7-15)10-17(23)21-11-18(24)26-2/h3-9H,10-11H2,1-2H3,(H,21,23)(H,22,25). The van der Waals surface area contributed by atoms with E-state index in [0.717, 1.165) is 14.7 Å². The van der Waals surface area contributed by atoms with E-state index in [-0.39, 0.29) is 24.8 Å². The molecule has 0 unspecified atom stereocenters. The molecule has 0 atom stereocenters. The third-order valence-corrected chi connectivity index (χ3v) is 4.86. The van der Waals surface area contributed by atoms with Gasteiger partial charge in [-0.2, -0.15) is 0 Å². The Morgan fingerprint density at radius 3 is 2.38 bits per heavy atom. The Balaban J connectivity index is 1.92. The van der Waals surface area contributed by atoms with E-state index < -0.39 is 5.97 Å². The zero-order valence-corrected chi connectivity index (χ0v) is 16.6. The number of aryl methyl sites for hydroxylation is 1. The van der Waals surface area contributed by atoms with Gasteiger partial charge in [0.2, 0.25) is 5.91 Å². The van der Waals surface area contributed by atoms with Crippen LogP contribution >= 0.6 is 22.6 Å². The van der Waals surface area contributed by atoms with Crippen molar-refractivity contribution in [2.24, 2.45) is 0 Å². The van der Waals surface area contributed by atoms with Gasteiger partial charge < -0.3 is 15.4 Å². The molecule has 0 radical (unpaired) electrons. The lowest BCUT2D eigenvalue weighted by molar-refractivity contribution is -0.141. The van der Waals surface area contributed by atoms with Crippen LogP contribution in [0.5, 0.6) is 0 Å². The molecule has 6 nitrogen and oxygen atoms in total. The number of anilines is 1. The largest absolute Gasteiger partial charge is 0.468 e. The van der Waals surface area contributed by atoms with Crippen LogP contribution in [-0.4, -0.2) is 31.4 Å². The molecule has 2 N–H and O–H groups in total. The molecule has 26 heavy (non-hydrogen) atoms. The molecule has 0 aliphatic carbocycles. The highest BCUT2D eigenvalue weighted by Crippen LogP contribution is 2.16. The smallest absolute Gasteiger partial charge is 0.325 e. The fourth-order valence-electron chi connectivity index (χ4n) is 2.19. The Hall–Kier alpha value is -2.42. The molecule has 2 amide bonds. The van der Waals surface area contributed by atoms with Crippen LogP contribution < -0.4 is 10.6 Å². The SMILES string of the molecule is COC(=O)CNC(=O)Cc1ccc(NC(=O)c2ccc(I)c(C)c2)cc1. The first kappa shape index (κ1) is 19.9. The van der Waals surface area contributed by atoms with E-state index in [1.54, 1.807) is 30.3 Å². The average Bonchev–Trinajstić information content (AvgIpc) is 2.63. The predicted molar refractivity (Wildman–Crippen MR) is 107 cm³/mol. The minimum absolute atomic E-state index is 0.140. The fourth-order valence-corrected chi connectivity index (χ4v) is 2.52. The second kappa shape index (κ2) is 9.33. The lowest BCUT2D eigenvalue weighted by atomic mass is 10.1. The van der Waals surface area contributed by atoms with Gasteiger partial charge in [0, 0.05) is 14.8 Å². The summed E-state index contributed by atoms with van der Waals surface area (Å²) < 4.78 is 5.57. The summed E-state index contributed by atoms with van der Waals surface area (Å²) in [6.45, 7) is 1.80. The third kappa shape index (κ3) is 5.83. The molecule has 0 aromatic heterocycles. The number of ether oxygens (including phenoxy) is 1. The van der Waals surface area contributed by atoms with Crippen molar-refractivity contribution in [2.75, 3.05) is 19.0 Å². The van der Waals surface area contributed by atoms with Gasteiger partial charge >= 0.3 is 5.97 Å². The van der Waals surface area contributed by atoms with E-state index in [9.17, 15) is 14.4 Å². The van der Waals surface area contributed by atoms with Gasteiger partial charge in [0.25, 0.3) is 5.91 Å². The summed E-state index contributed by atoms with van der Waals surface area (Å²) in [4.78, 5) is 35.0. The highest BCUT2D eigenvalue weighted by Gasteiger charge is 2.09. The van der Waals surface area contributed by atoms with E-state index in [0.29, 0.717) is 11.3 Å². The summed E-state index contributed by atoms with van der Waals surface area (Å²) in [6, 6.07) is 12.5. The normalized spacial score (nSPS) is 10.1. The maximum atomic E-state index is 12.3. The molecular weight excluding hydrogens is 447 g/mol. The lowest BCUT2D eigenvalue weighted by Gasteiger charge is -2.08. The van der Waals surface area contributed by atoms with E-state index >= 15 is 0 Å². The topological polar surface area (TPSA) is 84.5 Å². The monoisotopic (exact) mass is 466 g/mol. The van der Waals surface area contributed by atoms with Gasteiger partial charge in [-0.05, 0) is 71.0 Å². The molecule has 2 aromatic rings. The highest BCUT2D eigenvalue weighted by molar-refractivity contribution is 14.1. The molecule has 7 heteroatoms. The maximum absolute atomic E-state index is 12.3. The van der Waals surface area contributed by atoms with Crippen LogP contribution in [0.3, 0.4) is 0 Å². The molecule has 2 rings (SSSR count). The molecular formula is C19H19IN2O4. The zero-order valence-electron chi connectivity index (χ0n) is 14.5. The summed E-state index contributed by atoms with van der Waals surface area (Å²) in [5.74, 6) is -0.961. The van der Waals surface area contributed by atoms with Crippen molar-refractivity contribution in [1.29, 1.82) is 0 Å². The Kier molecular flexibility index (Phi) is 7.14. The van der Waals surface area contributed by atoms with Crippen LogP contribution in [0.4, 0.5) is 5.69 Å². The molecule has 136 valence electrons. The van der Waals surface area contributed by atoms with E-state index in [4.69, 9.17) is 0 Å². The molecule has 0 spiro atoms. The number of carbonyl (C=O) groups is 3. The van der Waals surface area contributed by atoms with Crippen molar-refractivity contribution < 1.29 is 19.1 Å². The van der Waals surface area contributed by atoms with Crippen LogP contribution in [0.2, 0.25) is 0 Å². The number of amides is 2. The highest BCUT2D eigenvalue weighted by atomic mass is 127. The zero-order chi connectivity index (χ0) is 19.1. The Labute approximate surface area is 165 Å². The van der Waals surface area contributed by atoms with E-state index in [2.05, 4.69) is 38.0 Å². The van der Waals surface area contributed by atoms with Gasteiger partial charge in [-0.3, -0.25) is 14.4 Å². The molecule has 0 saturated carbocycles. The molecule has 0 aliphatic heterocycles. The van der Waals surface area contributed by atoms with Gasteiger partial charge in [0.1, 0.15) is 6.54 Å². The molecule has 0 aliphatic rings. The van der Waals surface area contributed by atoms with Gasteiger partial charge in [0.05, 0.1) is 13.5 Å². The Bertz CT molecular complexity index is 819. The van der Waals surface area contributed by atoms with Gasteiger partial charge in [-0.1, -0.05) is 12.1 Å². The first-order chi connectivity index (χ1) is 12.4. The number of hydrogen-bond acceptors (Lipinski definition) is 4. The third-order valence-electron chi connectivity index (χ3n) is 3.65.